The van der Waals surface area contributed by atoms with Crippen LogP contribution in [0.2, 0.25) is 0 Å². The Balaban J connectivity index is 1.49. The zero-order valence-electron chi connectivity index (χ0n) is 17.8. The monoisotopic (exact) mass is 475 g/mol. The highest BCUT2D eigenvalue weighted by atomic mass is 19.4. The van der Waals surface area contributed by atoms with Gasteiger partial charge in [0.1, 0.15) is 6.10 Å². The van der Waals surface area contributed by atoms with Crippen LogP contribution in [-0.4, -0.2) is 36.0 Å². The maximum atomic E-state index is 13.1. The Hall–Kier alpha value is -2.72. The van der Waals surface area contributed by atoms with Crippen molar-refractivity contribution in [1.82, 2.24) is 10.2 Å². The van der Waals surface area contributed by atoms with Crippen molar-refractivity contribution in [2.45, 2.75) is 44.6 Å². The van der Waals surface area contributed by atoms with E-state index in [0.717, 1.165) is 31.0 Å². The molecular formula is C22H23F6N3O2. The summed E-state index contributed by atoms with van der Waals surface area (Å²) in [7, 11) is 0. The lowest BCUT2D eigenvalue weighted by Gasteiger charge is -2.38. The van der Waals surface area contributed by atoms with E-state index in [2.05, 4.69) is 10.2 Å². The van der Waals surface area contributed by atoms with Gasteiger partial charge in [-0.05, 0) is 49.6 Å². The van der Waals surface area contributed by atoms with Crippen LogP contribution in [-0.2, 0) is 12.4 Å². The number of nitrogens with zero attached hydrogens (tertiary/aromatic N) is 3. The van der Waals surface area contributed by atoms with Crippen LogP contribution in [0.1, 0.15) is 37.4 Å². The second kappa shape index (κ2) is 8.90. The third-order valence-corrected chi connectivity index (χ3v) is 6.01. The molecule has 2 unspecified atom stereocenters. The van der Waals surface area contributed by atoms with Crippen molar-refractivity contribution in [2.24, 2.45) is 11.8 Å². The van der Waals surface area contributed by atoms with Gasteiger partial charge < -0.3 is 14.4 Å². The van der Waals surface area contributed by atoms with E-state index in [1.807, 2.05) is 11.8 Å². The van der Waals surface area contributed by atoms with Gasteiger partial charge in [-0.25, -0.2) is 0 Å². The summed E-state index contributed by atoms with van der Waals surface area (Å²) in [5.41, 5.74) is -1.85. The van der Waals surface area contributed by atoms with Crippen LogP contribution in [0.15, 0.2) is 30.3 Å². The number of benzene rings is 1. The van der Waals surface area contributed by atoms with Crippen LogP contribution in [0, 0.1) is 11.8 Å². The number of ether oxygens (including phenoxy) is 2. The van der Waals surface area contributed by atoms with Crippen molar-refractivity contribution < 1.29 is 35.8 Å². The first kappa shape index (κ1) is 23.4. The molecule has 2 aromatic rings. The largest absolute Gasteiger partial charge is 0.490 e. The molecule has 2 aliphatic rings. The molecule has 1 saturated heterocycles. The average molecular weight is 475 g/mol. The van der Waals surface area contributed by atoms with E-state index >= 15 is 0 Å². The third-order valence-electron chi connectivity index (χ3n) is 6.01. The fourth-order valence-corrected chi connectivity index (χ4v) is 4.45. The Labute approximate surface area is 186 Å². The van der Waals surface area contributed by atoms with Crippen LogP contribution in [0.3, 0.4) is 0 Å². The van der Waals surface area contributed by atoms with Crippen molar-refractivity contribution in [3.05, 3.63) is 41.6 Å². The van der Waals surface area contributed by atoms with Crippen molar-refractivity contribution in [1.29, 1.82) is 0 Å². The lowest BCUT2D eigenvalue weighted by atomic mass is 9.94. The van der Waals surface area contributed by atoms with E-state index in [9.17, 15) is 26.3 Å². The van der Waals surface area contributed by atoms with Gasteiger partial charge >= 0.3 is 12.4 Å². The molecule has 1 aliphatic carbocycles. The Morgan fingerprint density at radius 1 is 0.909 bits per heavy atom. The van der Waals surface area contributed by atoms with E-state index in [4.69, 9.17) is 9.47 Å². The average Bonchev–Trinajstić information content (AvgIpc) is 2.98. The minimum atomic E-state index is -4.55. The highest BCUT2D eigenvalue weighted by Gasteiger charge is 2.45. The molecule has 0 amide bonds. The number of hydrogen-bond donors (Lipinski definition) is 0. The number of alkyl halides is 6. The molecule has 1 aliphatic heterocycles. The van der Waals surface area contributed by atoms with E-state index in [-0.39, 0.29) is 36.0 Å². The summed E-state index contributed by atoms with van der Waals surface area (Å²) < 4.78 is 89.4. The van der Waals surface area contributed by atoms with E-state index in [1.165, 1.54) is 12.1 Å². The molecule has 2 atom stereocenters. The minimum Gasteiger partial charge on any atom is -0.490 e. The molecule has 0 radical (unpaired) electrons. The summed E-state index contributed by atoms with van der Waals surface area (Å²) in [6, 6.07) is 5.44. The smallest absolute Gasteiger partial charge is 0.435 e. The summed E-state index contributed by atoms with van der Waals surface area (Å²) >= 11 is 0. The number of rotatable bonds is 6. The van der Waals surface area contributed by atoms with Gasteiger partial charge in [-0.1, -0.05) is 6.92 Å². The Bertz CT molecular complexity index is 950. The molecular weight excluding hydrogens is 452 g/mol. The molecule has 2 bridgehead atoms. The van der Waals surface area contributed by atoms with Crippen LogP contribution < -0.4 is 14.4 Å². The Morgan fingerprint density at radius 3 is 2.15 bits per heavy atom. The van der Waals surface area contributed by atoms with Gasteiger partial charge in [0.2, 0.25) is 0 Å². The lowest BCUT2D eigenvalue weighted by molar-refractivity contribution is -0.141. The fraction of sp³-hybridized carbons (Fsp3) is 0.545. The lowest BCUT2D eigenvalue weighted by Crippen LogP contribution is -2.47. The van der Waals surface area contributed by atoms with E-state index in [1.54, 1.807) is 0 Å². The topological polar surface area (TPSA) is 47.5 Å². The molecule has 11 heteroatoms. The molecule has 5 nitrogen and oxygen atoms in total. The molecule has 2 fully saturated rings. The molecule has 1 saturated carbocycles. The van der Waals surface area contributed by atoms with Gasteiger partial charge in [0, 0.05) is 24.9 Å². The number of fused-ring (bicyclic) bond motifs is 2. The van der Waals surface area contributed by atoms with E-state index in [0.29, 0.717) is 25.3 Å². The number of hydrogen-bond acceptors (Lipinski definition) is 5. The number of aromatic nitrogens is 2. The second-order valence-electron chi connectivity index (χ2n) is 8.37. The zero-order valence-corrected chi connectivity index (χ0v) is 17.8. The molecule has 1 aromatic heterocycles. The van der Waals surface area contributed by atoms with Crippen LogP contribution in [0.25, 0.3) is 0 Å². The van der Waals surface area contributed by atoms with Crippen molar-refractivity contribution in [2.75, 3.05) is 24.6 Å². The summed E-state index contributed by atoms with van der Waals surface area (Å²) in [6.45, 7) is 3.13. The van der Waals surface area contributed by atoms with Crippen molar-refractivity contribution in [3.63, 3.8) is 0 Å². The van der Waals surface area contributed by atoms with Crippen LogP contribution >= 0.6 is 0 Å². The molecule has 0 spiro atoms. The number of anilines is 1. The predicted molar refractivity (Wildman–Crippen MR) is 107 cm³/mol. The predicted octanol–water partition coefficient (Wildman–Crippen LogP) is 5.60. The van der Waals surface area contributed by atoms with Crippen LogP contribution in [0.4, 0.5) is 32.2 Å². The van der Waals surface area contributed by atoms with E-state index < -0.39 is 23.6 Å². The SMILES string of the molecule is CCCOc1cc(C(F)(F)F)ccc1OC1C2CCC1CN(c1ccc(C(F)(F)F)nn1)C2. The maximum absolute atomic E-state index is 13.1. The van der Waals surface area contributed by atoms with Gasteiger partial charge in [0.05, 0.1) is 12.2 Å². The van der Waals surface area contributed by atoms with Gasteiger partial charge in [0.15, 0.2) is 23.0 Å². The van der Waals surface area contributed by atoms with Gasteiger partial charge in [0.25, 0.3) is 0 Å². The molecule has 180 valence electrons. The molecule has 1 aromatic carbocycles. The first-order valence-electron chi connectivity index (χ1n) is 10.7. The zero-order chi connectivity index (χ0) is 23.8. The summed E-state index contributed by atoms with van der Waals surface area (Å²) in [5.74, 6) is 0.784. The van der Waals surface area contributed by atoms with Crippen LogP contribution in [0.5, 0.6) is 11.5 Å². The molecule has 2 heterocycles. The van der Waals surface area contributed by atoms with Gasteiger partial charge in [-0.2, -0.15) is 26.3 Å². The highest BCUT2D eigenvalue weighted by molar-refractivity contribution is 5.45. The number of piperidine rings is 1. The summed E-state index contributed by atoms with van der Waals surface area (Å²) in [4.78, 5) is 1.89. The fourth-order valence-electron chi connectivity index (χ4n) is 4.45. The summed E-state index contributed by atoms with van der Waals surface area (Å²) in [6.07, 6.45) is -6.96. The normalized spacial score (nSPS) is 23.0. The third kappa shape index (κ3) is 5.11. The van der Waals surface area contributed by atoms with Gasteiger partial charge in [-0.3, -0.25) is 0 Å². The van der Waals surface area contributed by atoms with Crippen molar-refractivity contribution >= 4 is 5.82 Å². The minimum absolute atomic E-state index is 0.0501. The first-order valence-corrected chi connectivity index (χ1v) is 10.7. The Kier molecular flexibility index (Phi) is 6.32. The van der Waals surface area contributed by atoms with Crippen molar-refractivity contribution in [3.8, 4) is 11.5 Å². The maximum Gasteiger partial charge on any atom is 0.435 e. The molecule has 33 heavy (non-hydrogen) atoms. The quantitative estimate of drug-likeness (QED) is 0.510. The molecule has 0 N–H and O–H groups in total. The Morgan fingerprint density at radius 2 is 1.61 bits per heavy atom. The molecule has 4 rings (SSSR count). The standard InChI is InChI=1S/C22H23F6N3O2/c1-2-9-32-17-10-15(21(23,24)25)5-6-16(17)33-20-13-3-4-14(20)12-31(11-13)19-8-7-18(29-30-19)22(26,27)28/h5-8,10,13-14,20H,2-4,9,11-12H2,1H3. The summed E-state index contributed by atoms with van der Waals surface area (Å²) in [5, 5.41) is 7.04. The number of halogens is 6. The van der Waals surface area contributed by atoms with Gasteiger partial charge in [-0.15, -0.1) is 10.2 Å². The highest BCUT2D eigenvalue weighted by Crippen LogP contribution is 2.43. The first-order chi connectivity index (χ1) is 15.6. The second-order valence-corrected chi connectivity index (χ2v) is 8.37.